The molecule has 1 N–H and O–H groups in total. The summed E-state index contributed by atoms with van der Waals surface area (Å²) in [6, 6.07) is 10.1. The summed E-state index contributed by atoms with van der Waals surface area (Å²) in [7, 11) is 1.34. The lowest BCUT2D eigenvalue weighted by molar-refractivity contribution is -0.142. The molecule has 0 unspecified atom stereocenters. The molecule has 4 nitrogen and oxygen atoms in total. The van der Waals surface area contributed by atoms with Gasteiger partial charge in [-0.1, -0.05) is 43.2 Å². The van der Waals surface area contributed by atoms with Gasteiger partial charge in [0.2, 0.25) is 5.91 Å². The molecule has 1 saturated carbocycles. The van der Waals surface area contributed by atoms with Crippen molar-refractivity contribution in [3.8, 4) is 0 Å². The number of nitrogens with one attached hydrogen (secondary N) is 1. The van der Waals surface area contributed by atoms with Crippen LogP contribution in [0.1, 0.15) is 44.1 Å². The molecule has 1 fully saturated rings. The van der Waals surface area contributed by atoms with Crippen LogP contribution in [0.15, 0.2) is 30.3 Å². The minimum atomic E-state index is -0.347. The molecule has 1 aromatic rings. The minimum absolute atomic E-state index is 0.0823. The third-order valence-electron chi connectivity index (χ3n) is 3.95. The molecule has 0 bridgehead atoms. The number of hydrogen-bond donors (Lipinski definition) is 1. The average Bonchev–Trinajstić information content (AvgIpc) is 2.95. The van der Waals surface area contributed by atoms with Crippen molar-refractivity contribution < 1.29 is 14.3 Å². The van der Waals surface area contributed by atoms with Gasteiger partial charge < -0.3 is 10.1 Å². The van der Waals surface area contributed by atoms with Crippen molar-refractivity contribution in [2.75, 3.05) is 7.11 Å². The Kier molecular flexibility index (Phi) is 4.77. The Bertz CT molecular complexity index is 464. The van der Waals surface area contributed by atoms with Crippen molar-refractivity contribution in [1.29, 1.82) is 0 Å². The molecule has 1 aromatic carbocycles. The summed E-state index contributed by atoms with van der Waals surface area (Å²) in [5.74, 6) is -0.429. The number of carbonyl (C=O) groups excluding carboxylic acids is 2. The molecule has 1 amide bonds. The monoisotopic (exact) mass is 275 g/mol. The number of amides is 1. The normalized spacial score (nSPS) is 16.6. The minimum Gasteiger partial charge on any atom is -0.469 e. The molecule has 1 aliphatic rings. The zero-order valence-electron chi connectivity index (χ0n) is 11.9. The third-order valence-corrected chi connectivity index (χ3v) is 3.95. The zero-order chi connectivity index (χ0) is 14.4. The van der Waals surface area contributed by atoms with E-state index in [0.717, 1.165) is 31.2 Å². The number of ether oxygens (including phenoxy) is 1. The Morgan fingerprint density at radius 3 is 2.40 bits per heavy atom. The van der Waals surface area contributed by atoms with Crippen LogP contribution < -0.4 is 5.32 Å². The first-order valence-electron chi connectivity index (χ1n) is 7.10. The summed E-state index contributed by atoms with van der Waals surface area (Å²) >= 11 is 0. The molecule has 20 heavy (non-hydrogen) atoms. The SMILES string of the molecule is COC(=O)CCC(=O)NC1(c2ccccc2)CCCC1. The first kappa shape index (κ1) is 14.6. The second-order valence-electron chi connectivity index (χ2n) is 5.28. The fourth-order valence-electron chi connectivity index (χ4n) is 2.87. The van der Waals surface area contributed by atoms with Gasteiger partial charge in [-0.25, -0.2) is 0 Å². The highest BCUT2D eigenvalue weighted by atomic mass is 16.5. The summed E-state index contributed by atoms with van der Waals surface area (Å²) < 4.78 is 4.56. The van der Waals surface area contributed by atoms with Crippen LogP contribution in [0, 0.1) is 0 Å². The van der Waals surface area contributed by atoms with E-state index in [4.69, 9.17) is 0 Å². The third kappa shape index (κ3) is 3.38. The van der Waals surface area contributed by atoms with Crippen LogP contribution in [0.4, 0.5) is 0 Å². The van der Waals surface area contributed by atoms with Crippen LogP contribution >= 0.6 is 0 Å². The maximum Gasteiger partial charge on any atom is 0.306 e. The van der Waals surface area contributed by atoms with E-state index in [1.54, 1.807) is 0 Å². The van der Waals surface area contributed by atoms with Gasteiger partial charge in [0.15, 0.2) is 0 Å². The topological polar surface area (TPSA) is 55.4 Å². The maximum atomic E-state index is 12.1. The summed E-state index contributed by atoms with van der Waals surface area (Å²) in [6.07, 6.45) is 4.47. The number of methoxy groups -OCH3 is 1. The highest BCUT2D eigenvalue weighted by Gasteiger charge is 2.36. The Morgan fingerprint density at radius 2 is 1.80 bits per heavy atom. The van der Waals surface area contributed by atoms with E-state index in [0.29, 0.717) is 0 Å². The summed E-state index contributed by atoms with van der Waals surface area (Å²) in [5, 5.41) is 3.14. The molecule has 1 aliphatic carbocycles. The summed E-state index contributed by atoms with van der Waals surface area (Å²) in [4.78, 5) is 23.2. The predicted octanol–water partition coefficient (Wildman–Crippen LogP) is 2.53. The smallest absolute Gasteiger partial charge is 0.306 e. The number of benzene rings is 1. The Morgan fingerprint density at radius 1 is 1.15 bits per heavy atom. The number of hydrogen-bond acceptors (Lipinski definition) is 3. The molecule has 0 aromatic heterocycles. The van der Waals surface area contributed by atoms with Crippen LogP contribution in [-0.2, 0) is 19.9 Å². The fourth-order valence-corrected chi connectivity index (χ4v) is 2.87. The van der Waals surface area contributed by atoms with Crippen molar-refractivity contribution in [2.45, 2.75) is 44.1 Å². The molecule has 108 valence electrons. The highest BCUT2D eigenvalue weighted by Crippen LogP contribution is 2.38. The molecule has 0 spiro atoms. The summed E-state index contributed by atoms with van der Waals surface area (Å²) in [5.41, 5.74) is 0.901. The van der Waals surface area contributed by atoms with Crippen molar-refractivity contribution in [3.05, 3.63) is 35.9 Å². The van der Waals surface area contributed by atoms with Gasteiger partial charge in [-0.2, -0.15) is 0 Å². The maximum absolute atomic E-state index is 12.1. The van der Waals surface area contributed by atoms with Crippen molar-refractivity contribution in [1.82, 2.24) is 5.32 Å². The molecule has 0 saturated heterocycles. The Labute approximate surface area is 119 Å². The number of esters is 1. The average molecular weight is 275 g/mol. The van der Waals surface area contributed by atoms with E-state index in [1.165, 1.54) is 7.11 Å². The van der Waals surface area contributed by atoms with E-state index in [9.17, 15) is 9.59 Å². The van der Waals surface area contributed by atoms with Crippen molar-refractivity contribution in [2.24, 2.45) is 0 Å². The lowest BCUT2D eigenvalue weighted by Crippen LogP contribution is -2.43. The van der Waals surface area contributed by atoms with Gasteiger partial charge in [0.25, 0.3) is 0 Å². The van der Waals surface area contributed by atoms with Gasteiger partial charge in [-0.15, -0.1) is 0 Å². The molecule has 0 radical (unpaired) electrons. The molecule has 0 aliphatic heterocycles. The zero-order valence-corrected chi connectivity index (χ0v) is 11.9. The summed E-state index contributed by atoms with van der Waals surface area (Å²) in [6.45, 7) is 0. The van der Waals surface area contributed by atoms with Gasteiger partial charge in [0.1, 0.15) is 0 Å². The van der Waals surface area contributed by atoms with E-state index in [1.807, 2.05) is 18.2 Å². The Hall–Kier alpha value is -1.84. The molecule has 0 heterocycles. The van der Waals surface area contributed by atoms with E-state index in [-0.39, 0.29) is 30.3 Å². The largest absolute Gasteiger partial charge is 0.469 e. The van der Waals surface area contributed by atoms with Gasteiger partial charge in [0, 0.05) is 6.42 Å². The van der Waals surface area contributed by atoms with Crippen molar-refractivity contribution in [3.63, 3.8) is 0 Å². The van der Waals surface area contributed by atoms with Crippen LogP contribution in [0.25, 0.3) is 0 Å². The second-order valence-corrected chi connectivity index (χ2v) is 5.28. The van der Waals surface area contributed by atoms with Gasteiger partial charge in [0.05, 0.1) is 19.1 Å². The van der Waals surface area contributed by atoms with Crippen LogP contribution in [-0.4, -0.2) is 19.0 Å². The lowest BCUT2D eigenvalue weighted by Gasteiger charge is -2.31. The number of carbonyl (C=O) groups is 2. The highest BCUT2D eigenvalue weighted by molar-refractivity contribution is 5.82. The predicted molar refractivity (Wildman–Crippen MR) is 76.0 cm³/mol. The van der Waals surface area contributed by atoms with E-state index < -0.39 is 0 Å². The standard InChI is InChI=1S/C16H21NO3/c1-20-15(19)10-9-14(18)17-16(11-5-6-12-16)13-7-3-2-4-8-13/h2-4,7-8H,5-6,9-12H2,1H3,(H,17,18). The van der Waals surface area contributed by atoms with Crippen LogP contribution in [0.2, 0.25) is 0 Å². The first-order chi connectivity index (χ1) is 9.66. The molecule has 2 rings (SSSR count). The first-order valence-corrected chi connectivity index (χ1v) is 7.10. The Balaban J connectivity index is 2.03. The fraction of sp³-hybridized carbons (Fsp3) is 0.500. The van der Waals surface area contributed by atoms with Crippen molar-refractivity contribution >= 4 is 11.9 Å². The van der Waals surface area contributed by atoms with E-state index in [2.05, 4.69) is 22.2 Å². The van der Waals surface area contributed by atoms with Gasteiger partial charge in [-0.05, 0) is 18.4 Å². The number of rotatable bonds is 5. The van der Waals surface area contributed by atoms with Gasteiger partial charge >= 0.3 is 5.97 Å². The quantitative estimate of drug-likeness (QED) is 0.840. The molecular formula is C16H21NO3. The lowest BCUT2D eigenvalue weighted by atomic mass is 9.88. The van der Waals surface area contributed by atoms with Gasteiger partial charge in [-0.3, -0.25) is 9.59 Å². The van der Waals surface area contributed by atoms with Crippen LogP contribution in [0.5, 0.6) is 0 Å². The van der Waals surface area contributed by atoms with E-state index >= 15 is 0 Å². The van der Waals surface area contributed by atoms with Crippen LogP contribution in [0.3, 0.4) is 0 Å². The molecule has 4 heteroatoms. The second kappa shape index (κ2) is 6.55. The molecular weight excluding hydrogens is 254 g/mol. The molecule has 0 atom stereocenters.